The molecule has 0 aliphatic rings. The minimum absolute atomic E-state index is 0.150. The van der Waals surface area contributed by atoms with E-state index in [1.807, 2.05) is 6.92 Å². The first-order valence-corrected chi connectivity index (χ1v) is 7.93. The molecule has 7 heteroatoms. The van der Waals surface area contributed by atoms with Crippen molar-refractivity contribution in [2.45, 2.75) is 20.0 Å². The van der Waals surface area contributed by atoms with Gasteiger partial charge in [0.05, 0.1) is 12.7 Å². The number of halogens is 1. The Morgan fingerprint density at radius 3 is 2.58 bits per heavy atom. The minimum Gasteiger partial charge on any atom is -0.496 e. The Balaban J connectivity index is 1.73. The van der Waals surface area contributed by atoms with Crippen LogP contribution in [-0.2, 0) is 4.74 Å². The van der Waals surface area contributed by atoms with E-state index in [0.29, 0.717) is 16.9 Å². The lowest BCUT2D eigenvalue weighted by Gasteiger charge is -2.11. The lowest BCUT2D eigenvalue weighted by Crippen LogP contribution is -2.10. The van der Waals surface area contributed by atoms with Crippen molar-refractivity contribution in [3.63, 3.8) is 0 Å². The van der Waals surface area contributed by atoms with Gasteiger partial charge in [0.15, 0.2) is 6.10 Å². The zero-order valence-corrected chi connectivity index (χ0v) is 14.5. The number of hydrogen-bond acceptors (Lipinski definition) is 6. The SMILES string of the molecule is COc1cc(C(=O)O[C@@H](C)c2nnc(-c3ccc(F)cc3)o2)ccc1C. The van der Waals surface area contributed by atoms with Crippen LogP contribution in [-0.4, -0.2) is 23.3 Å². The molecule has 0 N–H and O–H groups in total. The monoisotopic (exact) mass is 356 g/mol. The summed E-state index contributed by atoms with van der Waals surface area (Å²) in [5.74, 6) is 0.0850. The number of benzene rings is 2. The van der Waals surface area contributed by atoms with Crippen molar-refractivity contribution in [2.24, 2.45) is 0 Å². The second-order valence-electron chi connectivity index (χ2n) is 5.68. The molecule has 26 heavy (non-hydrogen) atoms. The van der Waals surface area contributed by atoms with E-state index in [4.69, 9.17) is 13.9 Å². The first kappa shape index (κ1) is 17.6. The third-order valence-corrected chi connectivity index (χ3v) is 3.81. The normalized spacial score (nSPS) is 11.8. The highest BCUT2D eigenvalue weighted by atomic mass is 19.1. The molecule has 0 bridgehead atoms. The van der Waals surface area contributed by atoms with Crippen LogP contribution in [0.4, 0.5) is 4.39 Å². The number of esters is 1. The predicted molar refractivity (Wildman–Crippen MR) is 91.3 cm³/mol. The fourth-order valence-electron chi connectivity index (χ4n) is 2.33. The predicted octanol–water partition coefficient (Wildman–Crippen LogP) is 4.11. The summed E-state index contributed by atoms with van der Waals surface area (Å²) in [7, 11) is 1.54. The molecular weight excluding hydrogens is 339 g/mol. The zero-order valence-electron chi connectivity index (χ0n) is 14.5. The van der Waals surface area contributed by atoms with E-state index >= 15 is 0 Å². The first-order chi connectivity index (χ1) is 12.5. The van der Waals surface area contributed by atoms with E-state index in [0.717, 1.165) is 5.56 Å². The Kier molecular flexibility index (Phi) is 4.97. The Bertz CT molecular complexity index is 922. The summed E-state index contributed by atoms with van der Waals surface area (Å²) in [6, 6.07) is 10.7. The van der Waals surface area contributed by atoms with E-state index in [1.54, 1.807) is 25.1 Å². The maximum atomic E-state index is 13.0. The molecule has 3 aromatic rings. The van der Waals surface area contributed by atoms with Gasteiger partial charge in [-0.05, 0) is 55.8 Å². The molecule has 0 saturated heterocycles. The van der Waals surface area contributed by atoms with Gasteiger partial charge in [0.1, 0.15) is 11.6 Å². The molecule has 0 unspecified atom stereocenters. The van der Waals surface area contributed by atoms with Crippen molar-refractivity contribution in [1.82, 2.24) is 10.2 Å². The molecule has 0 aliphatic carbocycles. The third-order valence-electron chi connectivity index (χ3n) is 3.81. The van der Waals surface area contributed by atoms with Crippen LogP contribution >= 0.6 is 0 Å². The highest BCUT2D eigenvalue weighted by molar-refractivity contribution is 5.90. The molecule has 6 nitrogen and oxygen atoms in total. The molecule has 2 aromatic carbocycles. The van der Waals surface area contributed by atoms with Crippen LogP contribution in [0.25, 0.3) is 11.5 Å². The summed E-state index contributed by atoms with van der Waals surface area (Å²) in [5.41, 5.74) is 1.85. The second kappa shape index (κ2) is 7.35. The standard InChI is InChI=1S/C19H17FN2O4/c1-11-4-5-14(10-16(11)24-3)19(23)25-12(2)17-21-22-18(26-17)13-6-8-15(20)9-7-13/h4-10,12H,1-3H3/t12-/m0/s1. The third kappa shape index (κ3) is 3.72. The number of carbonyl (C=O) groups is 1. The summed E-state index contributed by atoms with van der Waals surface area (Å²) < 4.78 is 29.1. The van der Waals surface area contributed by atoms with Crippen molar-refractivity contribution in [2.75, 3.05) is 7.11 Å². The van der Waals surface area contributed by atoms with E-state index in [9.17, 15) is 9.18 Å². The molecule has 1 aromatic heterocycles. The smallest absolute Gasteiger partial charge is 0.339 e. The number of ether oxygens (including phenoxy) is 2. The molecule has 0 radical (unpaired) electrons. The number of nitrogens with zero attached hydrogens (tertiary/aromatic N) is 2. The molecule has 0 fully saturated rings. The molecule has 0 aliphatic heterocycles. The average molecular weight is 356 g/mol. The molecule has 0 saturated carbocycles. The minimum atomic E-state index is -0.739. The van der Waals surface area contributed by atoms with Gasteiger partial charge in [-0.25, -0.2) is 9.18 Å². The van der Waals surface area contributed by atoms with Crippen LogP contribution in [0.1, 0.15) is 34.8 Å². The summed E-state index contributed by atoms with van der Waals surface area (Å²) in [5, 5.41) is 7.80. The lowest BCUT2D eigenvalue weighted by molar-refractivity contribution is 0.0279. The number of hydrogen-bond donors (Lipinski definition) is 0. The Hall–Kier alpha value is -3.22. The van der Waals surface area contributed by atoms with Gasteiger partial charge in [0.2, 0.25) is 5.89 Å². The largest absolute Gasteiger partial charge is 0.496 e. The van der Waals surface area contributed by atoms with Crippen LogP contribution < -0.4 is 4.74 Å². The van der Waals surface area contributed by atoms with E-state index in [1.165, 1.54) is 31.4 Å². The lowest BCUT2D eigenvalue weighted by atomic mass is 10.1. The van der Waals surface area contributed by atoms with Gasteiger partial charge in [-0.1, -0.05) is 6.07 Å². The highest BCUT2D eigenvalue weighted by Crippen LogP contribution is 2.25. The topological polar surface area (TPSA) is 74.5 Å². The average Bonchev–Trinajstić information content (AvgIpc) is 3.13. The van der Waals surface area contributed by atoms with Gasteiger partial charge in [-0.3, -0.25) is 0 Å². The van der Waals surface area contributed by atoms with Gasteiger partial charge >= 0.3 is 5.97 Å². The first-order valence-electron chi connectivity index (χ1n) is 7.93. The van der Waals surface area contributed by atoms with Crippen molar-refractivity contribution in [3.8, 4) is 17.2 Å². The fraction of sp³-hybridized carbons (Fsp3) is 0.211. The van der Waals surface area contributed by atoms with Gasteiger partial charge < -0.3 is 13.9 Å². The van der Waals surface area contributed by atoms with Crippen LogP contribution in [0, 0.1) is 12.7 Å². The Morgan fingerprint density at radius 1 is 1.15 bits per heavy atom. The molecule has 3 rings (SSSR count). The molecular formula is C19H17FN2O4. The van der Waals surface area contributed by atoms with Crippen molar-refractivity contribution in [3.05, 3.63) is 65.3 Å². The number of aryl methyl sites for hydroxylation is 1. The zero-order chi connectivity index (χ0) is 18.7. The fourth-order valence-corrected chi connectivity index (χ4v) is 2.33. The van der Waals surface area contributed by atoms with Crippen LogP contribution in [0.3, 0.4) is 0 Å². The Labute approximate surface area is 149 Å². The molecule has 134 valence electrons. The van der Waals surface area contributed by atoms with E-state index < -0.39 is 12.1 Å². The summed E-state index contributed by atoms with van der Waals surface area (Å²) in [6.07, 6.45) is -0.739. The second-order valence-corrected chi connectivity index (χ2v) is 5.68. The molecule has 1 heterocycles. The van der Waals surface area contributed by atoms with E-state index in [-0.39, 0.29) is 17.6 Å². The molecule has 0 amide bonds. The number of rotatable bonds is 5. The Morgan fingerprint density at radius 2 is 1.88 bits per heavy atom. The van der Waals surface area contributed by atoms with Gasteiger partial charge in [0, 0.05) is 5.56 Å². The van der Waals surface area contributed by atoms with Crippen LogP contribution in [0.2, 0.25) is 0 Å². The molecule has 0 spiro atoms. The number of carbonyl (C=O) groups excluding carboxylic acids is 1. The maximum absolute atomic E-state index is 13.0. The van der Waals surface area contributed by atoms with Crippen LogP contribution in [0.5, 0.6) is 5.75 Å². The van der Waals surface area contributed by atoms with Crippen LogP contribution in [0.15, 0.2) is 46.9 Å². The van der Waals surface area contributed by atoms with Crippen molar-refractivity contribution < 1.29 is 23.1 Å². The number of aromatic nitrogens is 2. The summed E-state index contributed by atoms with van der Waals surface area (Å²) >= 11 is 0. The quantitative estimate of drug-likeness (QED) is 0.641. The van der Waals surface area contributed by atoms with Crippen molar-refractivity contribution in [1.29, 1.82) is 0 Å². The maximum Gasteiger partial charge on any atom is 0.339 e. The van der Waals surface area contributed by atoms with Gasteiger partial charge in [-0.15, -0.1) is 10.2 Å². The summed E-state index contributed by atoms with van der Waals surface area (Å²) in [4.78, 5) is 12.3. The van der Waals surface area contributed by atoms with Crippen molar-refractivity contribution >= 4 is 5.97 Å². The van der Waals surface area contributed by atoms with Gasteiger partial charge in [0.25, 0.3) is 5.89 Å². The van der Waals surface area contributed by atoms with E-state index in [2.05, 4.69) is 10.2 Å². The molecule has 1 atom stereocenters. The highest BCUT2D eigenvalue weighted by Gasteiger charge is 2.20. The number of methoxy groups -OCH3 is 1. The summed E-state index contributed by atoms with van der Waals surface area (Å²) in [6.45, 7) is 3.51. The van der Waals surface area contributed by atoms with Gasteiger partial charge in [-0.2, -0.15) is 0 Å².